The van der Waals surface area contributed by atoms with Crippen LogP contribution >= 0.6 is 7.82 Å². The summed E-state index contributed by atoms with van der Waals surface area (Å²) in [5.41, 5.74) is 0. The first kappa shape index (κ1) is 62.4. The van der Waals surface area contributed by atoms with E-state index in [9.17, 15) is 34.1 Å². The molecule has 0 rings (SSSR count). The van der Waals surface area contributed by atoms with Crippen LogP contribution in [0.1, 0.15) is 194 Å². The number of aliphatic carboxylic acids is 1. The zero-order valence-corrected chi connectivity index (χ0v) is 41.9. The topological polar surface area (TPSA) is 169 Å². The molecule has 0 aromatic carbocycles. The number of carboxylic acids is 1. The van der Waals surface area contributed by atoms with E-state index in [0.717, 1.165) is 109 Å². The third-order valence-electron chi connectivity index (χ3n) is 10.4. The Morgan fingerprint density at radius 2 is 0.879 bits per heavy atom. The summed E-state index contributed by atoms with van der Waals surface area (Å²) in [5.74, 6) is -2.41. The molecule has 376 valence electrons. The number of aliphatic hydroxyl groups is 1. The number of allylic oxidation sites excluding steroid dienone is 16. The number of carboxylic acid groups (broad SMARTS) is 1. The highest BCUT2D eigenvalue weighted by Gasteiger charge is 2.28. The molecule has 0 spiro atoms. The summed E-state index contributed by atoms with van der Waals surface area (Å²) in [6.45, 7) is 2.43. The van der Waals surface area contributed by atoms with Crippen LogP contribution < -0.4 is 5.32 Å². The van der Waals surface area contributed by atoms with Crippen LogP contribution in [0.5, 0.6) is 0 Å². The number of rotatable bonds is 46. The van der Waals surface area contributed by atoms with E-state index >= 15 is 0 Å². The quantitative estimate of drug-likeness (QED) is 0.0199. The first-order valence-corrected chi connectivity index (χ1v) is 26.8. The number of unbranched alkanes of at least 4 members (excludes halogenated alkanes) is 16. The predicted molar refractivity (Wildman–Crippen MR) is 272 cm³/mol. The lowest BCUT2D eigenvalue weighted by Crippen LogP contribution is -2.43. The van der Waals surface area contributed by atoms with Gasteiger partial charge in [0, 0.05) is 12.8 Å². The van der Waals surface area contributed by atoms with Gasteiger partial charge in [-0.1, -0.05) is 182 Å². The number of carbonyl (C=O) groups excluding carboxylic acids is 2. The van der Waals surface area contributed by atoms with E-state index in [1.165, 1.54) is 44.9 Å². The number of nitrogens with one attached hydrogen (secondary N) is 1. The van der Waals surface area contributed by atoms with Gasteiger partial charge in [-0.2, -0.15) is 0 Å². The fourth-order valence-corrected chi connectivity index (χ4v) is 7.24. The molecule has 0 aromatic heterocycles. The van der Waals surface area contributed by atoms with Crippen LogP contribution in [0.15, 0.2) is 97.2 Å². The number of phosphoric acid groups is 1. The number of hydrogen-bond acceptors (Lipinski definition) is 8. The van der Waals surface area contributed by atoms with E-state index < -0.39 is 57.6 Å². The first-order chi connectivity index (χ1) is 32.1. The average molecular weight is 944 g/mol. The van der Waals surface area contributed by atoms with E-state index in [2.05, 4.69) is 116 Å². The molecule has 3 unspecified atom stereocenters. The number of esters is 1. The van der Waals surface area contributed by atoms with Crippen molar-refractivity contribution < 1.29 is 47.8 Å². The Kier molecular flexibility index (Phi) is 45.3. The van der Waals surface area contributed by atoms with E-state index in [4.69, 9.17) is 13.8 Å². The van der Waals surface area contributed by atoms with Gasteiger partial charge in [0.2, 0.25) is 5.91 Å². The zero-order valence-electron chi connectivity index (χ0n) is 41.0. The Hall–Kier alpha value is -3.60. The van der Waals surface area contributed by atoms with Crippen molar-refractivity contribution in [3.05, 3.63) is 97.2 Å². The number of carbonyl (C=O) groups is 3. The molecule has 12 heteroatoms. The predicted octanol–water partition coefficient (Wildman–Crippen LogP) is 14.0. The second-order valence-electron chi connectivity index (χ2n) is 16.6. The Morgan fingerprint density at radius 1 is 0.500 bits per heavy atom. The molecule has 0 radical (unpaired) electrons. The van der Waals surface area contributed by atoms with Crippen LogP contribution in [0.25, 0.3) is 0 Å². The summed E-state index contributed by atoms with van der Waals surface area (Å²) in [6, 6.07) is -1.56. The number of hydrogen-bond donors (Lipinski definition) is 4. The largest absolute Gasteiger partial charge is 0.480 e. The van der Waals surface area contributed by atoms with Gasteiger partial charge in [0.25, 0.3) is 0 Å². The Balaban J connectivity index is 3.91. The van der Waals surface area contributed by atoms with Crippen molar-refractivity contribution in [2.75, 3.05) is 19.8 Å². The summed E-state index contributed by atoms with van der Waals surface area (Å²) in [5, 5.41) is 21.9. The molecule has 0 aliphatic heterocycles. The number of phosphoric ester groups is 1. The van der Waals surface area contributed by atoms with Crippen molar-refractivity contribution >= 4 is 25.7 Å². The molecular weight excluding hydrogens is 854 g/mol. The lowest BCUT2D eigenvalue weighted by molar-refractivity contribution is -0.147. The summed E-state index contributed by atoms with van der Waals surface area (Å²) < 4.78 is 26.9. The molecule has 0 aliphatic rings. The van der Waals surface area contributed by atoms with Crippen molar-refractivity contribution in [2.45, 2.75) is 206 Å². The number of ether oxygens (including phenoxy) is 1. The Bertz CT molecular complexity index is 1480. The SMILES string of the molecule is CC/C=C\C/C=C\C/C=C\C/C=C\C/C=C\CCCCCCCC(=O)OCC(O)COP(=O)(O)OCC(NC(=O)CCCCCCCCCC/C=C\C/C=C\C/C=C\CCCCC)C(=O)O. The van der Waals surface area contributed by atoms with Crippen molar-refractivity contribution in [3.8, 4) is 0 Å². The monoisotopic (exact) mass is 944 g/mol. The normalized spacial score (nSPS) is 14.4. The molecule has 0 saturated carbocycles. The summed E-state index contributed by atoms with van der Waals surface area (Å²) in [7, 11) is -4.78. The molecule has 0 aliphatic carbocycles. The first-order valence-electron chi connectivity index (χ1n) is 25.3. The van der Waals surface area contributed by atoms with E-state index in [-0.39, 0.29) is 12.8 Å². The molecule has 11 nitrogen and oxygen atoms in total. The fourth-order valence-electron chi connectivity index (χ4n) is 6.47. The second-order valence-corrected chi connectivity index (χ2v) is 18.1. The summed E-state index contributed by atoms with van der Waals surface area (Å²) in [6.07, 6.45) is 61.3. The Morgan fingerprint density at radius 3 is 1.32 bits per heavy atom. The van der Waals surface area contributed by atoms with Gasteiger partial charge in [0.15, 0.2) is 6.04 Å². The molecule has 66 heavy (non-hydrogen) atoms. The molecular formula is C54H90NO10P. The van der Waals surface area contributed by atoms with Crippen LogP contribution in [-0.4, -0.2) is 64.9 Å². The standard InChI is InChI=1S/C54H90NO10P/c1-3-5-7-9-11-13-15-17-19-21-23-25-27-29-31-33-35-37-39-41-43-45-52(57)55-51(54(59)60)49-65-66(61,62)64-48-50(56)47-63-53(58)46-44-42-40-38-36-34-32-30-28-26-24-22-20-18-16-14-12-10-8-6-4-2/h6,8,11-14,17-20,23-26,30,32,50-51,56H,3-5,7,9-10,15-16,21-22,27-29,31,33-49H2,1-2H3,(H,55,57)(H,59,60)(H,61,62)/b8-6-,13-11-,14-12-,19-17-,20-18-,25-23-,26-24-,32-30-. The summed E-state index contributed by atoms with van der Waals surface area (Å²) >= 11 is 0. The van der Waals surface area contributed by atoms with E-state index in [1.54, 1.807) is 0 Å². The molecule has 4 N–H and O–H groups in total. The van der Waals surface area contributed by atoms with Crippen molar-refractivity contribution in [1.29, 1.82) is 0 Å². The maximum atomic E-state index is 12.4. The molecule has 0 heterocycles. The third kappa shape index (κ3) is 46.9. The maximum absolute atomic E-state index is 12.4. The van der Waals surface area contributed by atoms with Gasteiger partial charge in [-0.05, 0) is 96.3 Å². The Labute approximate surface area is 400 Å². The van der Waals surface area contributed by atoms with Crippen LogP contribution in [0.2, 0.25) is 0 Å². The van der Waals surface area contributed by atoms with Gasteiger partial charge in [-0.3, -0.25) is 18.6 Å². The van der Waals surface area contributed by atoms with Crippen LogP contribution in [0.3, 0.4) is 0 Å². The van der Waals surface area contributed by atoms with Gasteiger partial charge in [-0.25, -0.2) is 9.36 Å². The highest BCUT2D eigenvalue weighted by atomic mass is 31.2. The molecule has 0 aromatic rings. The molecule has 0 bridgehead atoms. The smallest absolute Gasteiger partial charge is 0.472 e. The van der Waals surface area contributed by atoms with Crippen molar-refractivity contribution in [1.82, 2.24) is 5.32 Å². The van der Waals surface area contributed by atoms with Crippen LogP contribution in [0.4, 0.5) is 0 Å². The average Bonchev–Trinajstić information content (AvgIpc) is 3.29. The third-order valence-corrected chi connectivity index (χ3v) is 11.3. The minimum absolute atomic E-state index is 0.131. The summed E-state index contributed by atoms with van der Waals surface area (Å²) in [4.78, 5) is 46.1. The van der Waals surface area contributed by atoms with Gasteiger partial charge in [0.05, 0.1) is 13.2 Å². The highest BCUT2D eigenvalue weighted by molar-refractivity contribution is 7.47. The van der Waals surface area contributed by atoms with E-state index in [0.29, 0.717) is 12.8 Å². The second kappa shape index (κ2) is 47.9. The minimum atomic E-state index is -4.78. The van der Waals surface area contributed by atoms with Crippen LogP contribution in [0, 0.1) is 0 Å². The molecule has 0 saturated heterocycles. The molecule has 0 fully saturated rings. The van der Waals surface area contributed by atoms with Gasteiger partial charge < -0.3 is 25.2 Å². The van der Waals surface area contributed by atoms with Gasteiger partial charge >= 0.3 is 19.8 Å². The number of aliphatic hydroxyl groups excluding tert-OH is 1. The van der Waals surface area contributed by atoms with Crippen LogP contribution in [-0.2, 0) is 32.7 Å². The van der Waals surface area contributed by atoms with Crippen molar-refractivity contribution in [3.63, 3.8) is 0 Å². The van der Waals surface area contributed by atoms with Gasteiger partial charge in [-0.15, -0.1) is 0 Å². The van der Waals surface area contributed by atoms with E-state index in [1.807, 2.05) is 0 Å². The lowest BCUT2D eigenvalue weighted by Gasteiger charge is -2.18. The lowest BCUT2D eigenvalue weighted by atomic mass is 10.1. The highest BCUT2D eigenvalue weighted by Crippen LogP contribution is 2.43. The van der Waals surface area contributed by atoms with Crippen molar-refractivity contribution in [2.24, 2.45) is 0 Å². The maximum Gasteiger partial charge on any atom is 0.472 e. The number of amides is 1. The fraction of sp³-hybridized carbons (Fsp3) is 0.648. The zero-order chi connectivity index (χ0) is 48.4. The minimum Gasteiger partial charge on any atom is -0.480 e. The van der Waals surface area contributed by atoms with Gasteiger partial charge in [0.1, 0.15) is 12.7 Å². The molecule has 1 amide bonds. The molecule has 3 atom stereocenters.